The molecule has 8 aromatic carbocycles. The monoisotopic (exact) mass is 1860 g/mol. The second-order valence-corrected chi connectivity index (χ2v) is 32.1. The van der Waals surface area contributed by atoms with Crippen molar-refractivity contribution in [3.8, 4) is 97.1 Å². The van der Waals surface area contributed by atoms with Crippen LogP contribution in [0.5, 0.6) is 46.0 Å². The van der Waals surface area contributed by atoms with Gasteiger partial charge < -0.3 is 74.6 Å². The number of nitrogens with one attached hydrogen (secondary N) is 2. The lowest BCUT2D eigenvalue weighted by Gasteiger charge is -2.27. The summed E-state index contributed by atoms with van der Waals surface area (Å²) in [4.78, 5) is 57.4. The number of aromatic nitrogens is 16. The first kappa shape index (κ1) is 91.4. The number of ether oxygens (including phenoxy) is 6. The minimum Gasteiger partial charge on any atom is -0.508 e. The third-order valence-corrected chi connectivity index (χ3v) is 21.7. The minimum absolute atomic E-state index is 0.0419. The van der Waals surface area contributed by atoms with Gasteiger partial charge in [-0.2, -0.15) is 25.7 Å². The molecule has 6 N–H and O–H groups in total. The van der Waals surface area contributed by atoms with E-state index in [9.17, 15) is 15.0 Å². The van der Waals surface area contributed by atoms with Crippen molar-refractivity contribution in [3.63, 3.8) is 0 Å². The summed E-state index contributed by atoms with van der Waals surface area (Å²) in [5, 5.41) is 52.3. The average Bonchev–Trinajstić information content (AvgIpc) is 1.00. The van der Waals surface area contributed by atoms with E-state index in [-0.39, 0.29) is 24.0 Å². The number of hydrogen-bond donors (Lipinski definition) is 5. The van der Waals surface area contributed by atoms with Gasteiger partial charge >= 0.3 is 0 Å². The first-order valence-electron chi connectivity index (χ1n) is 42.2. The normalized spacial score (nSPS) is 11.6. The van der Waals surface area contributed by atoms with Gasteiger partial charge in [-0.05, 0) is 105 Å². The maximum absolute atomic E-state index is 11.0. The van der Waals surface area contributed by atoms with E-state index in [4.69, 9.17) is 59.4 Å². The molecule has 8 heterocycles. The molecule has 0 aliphatic heterocycles. The van der Waals surface area contributed by atoms with Crippen LogP contribution in [0.15, 0.2) is 220 Å². The van der Waals surface area contributed by atoms with Crippen molar-refractivity contribution in [2.24, 2.45) is 32.8 Å². The predicted octanol–water partition coefficient (Wildman–Crippen LogP) is 15.8. The molecule has 17 rings (SSSR count). The molecule has 0 saturated heterocycles. The lowest BCUT2D eigenvalue weighted by Crippen LogP contribution is -2.32. The third kappa shape index (κ3) is 23.7. The number of methoxy groups -OCH3 is 6. The second-order valence-electron chi connectivity index (χ2n) is 31.0. The van der Waals surface area contributed by atoms with Gasteiger partial charge in [0.05, 0.1) is 185 Å². The van der Waals surface area contributed by atoms with E-state index in [2.05, 4.69) is 131 Å². The van der Waals surface area contributed by atoms with Crippen LogP contribution in [0.3, 0.4) is 0 Å². The number of nitrogens with two attached hydrogens (primary N) is 1. The smallest absolute Gasteiger partial charge is 0.231 e. The van der Waals surface area contributed by atoms with Crippen LogP contribution in [0, 0.1) is 17.2 Å². The van der Waals surface area contributed by atoms with Gasteiger partial charge in [-0.25, -0.2) is 19.9 Å². The molecule has 1 fully saturated rings. The number of nitrogens with zero attached hydrogens (tertiary/aromatic N) is 21. The summed E-state index contributed by atoms with van der Waals surface area (Å²) in [6.45, 7) is 9.45. The summed E-state index contributed by atoms with van der Waals surface area (Å²) < 4.78 is 40.9. The van der Waals surface area contributed by atoms with Gasteiger partial charge in [0.15, 0.2) is 0 Å². The number of carbonyl (C=O) groups is 1. The highest BCUT2D eigenvalue weighted by Crippen LogP contribution is 2.42. The summed E-state index contributed by atoms with van der Waals surface area (Å²) in [7, 11) is 15.5. The molecule has 668 valence electrons. The van der Waals surface area contributed by atoms with Crippen LogP contribution in [-0.2, 0) is 32.5 Å². The zero-order valence-electron chi connectivity index (χ0n) is 74.2. The summed E-state index contributed by atoms with van der Waals surface area (Å²) in [5.41, 5.74) is 25.9. The van der Waals surface area contributed by atoms with Crippen LogP contribution in [0.2, 0.25) is 0 Å². The lowest BCUT2D eigenvalue weighted by molar-refractivity contribution is -0.117. The van der Waals surface area contributed by atoms with E-state index in [1.807, 2.05) is 155 Å². The molecule has 1 aliphatic carbocycles. The third-order valence-electron chi connectivity index (χ3n) is 21.2. The highest BCUT2D eigenvalue weighted by atomic mass is 127. The number of anilines is 8. The summed E-state index contributed by atoms with van der Waals surface area (Å²) in [5.74, 6) is 4.65. The van der Waals surface area contributed by atoms with Gasteiger partial charge in [-0.3, -0.25) is 43.5 Å². The van der Waals surface area contributed by atoms with Crippen LogP contribution in [0.25, 0.3) is 89.2 Å². The van der Waals surface area contributed by atoms with Crippen molar-refractivity contribution >= 4 is 118 Å². The summed E-state index contributed by atoms with van der Waals surface area (Å²) in [6.07, 6.45) is 25.4. The molecular formula is C96H103IN24O9. The number of phenols is 2. The molecule has 33 nitrogen and oxygen atoms in total. The number of halogens is 1. The van der Waals surface area contributed by atoms with Gasteiger partial charge in [0.1, 0.15) is 46.0 Å². The number of carbonyl (C=O) groups excluding carboxylic acids is 1. The van der Waals surface area contributed by atoms with Crippen molar-refractivity contribution in [3.05, 3.63) is 220 Å². The van der Waals surface area contributed by atoms with Crippen molar-refractivity contribution < 1.29 is 43.4 Å². The molecule has 16 aromatic rings. The van der Waals surface area contributed by atoms with E-state index in [0.29, 0.717) is 49.5 Å². The molecule has 0 spiro atoms. The largest absolute Gasteiger partial charge is 0.508 e. The molecule has 130 heavy (non-hydrogen) atoms. The topological polar surface area (TPSA) is 374 Å². The Bertz CT molecular complexity index is 6540. The van der Waals surface area contributed by atoms with Gasteiger partial charge in [0.2, 0.25) is 5.91 Å². The number of primary amides is 1. The Morgan fingerprint density at radius 3 is 1.15 bits per heavy atom. The van der Waals surface area contributed by atoms with Gasteiger partial charge in [0.25, 0.3) is 0 Å². The van der Waals surface area contributed by atoms with E-state index >= 15 is 0 Å². The number of phenolic OH excluding ortho intramolecular Hbond substituents is 2. The molecule has 8 aromatic heterocycles. The minimum atomic E-state index is -0.378. The summed E-state index contributed by atoms with van der Waals surface area (Å²) in [6, 6.07) is 48.9. The fourth-order valence-corrected chi connectivity index (χ4v) is 15.0. The Morgan fingerprint density at radius 1 is 0.454 bits per heavy atom. The maximum Gasteiger partial charge on any atom is 0.231 e. The molecule has 0 atom stereocenters. The van der Waals surface area contributed by atoms with E-state index in [0.717, 1.165) is 195 Å². The molecule has 34 heteroatoms. The maximum atomic E-state index is 11.0. The van der Waals surface area contributed by atoms with Gasteiger partial charge in [-0.15, -0.1) is 0 Å². The SMILES string of the molecule is COc1cc(OC)cc(N(CCCNCC(N)=O)c2ccc3ncc(-c4cnn(C)c4)nc3c2)c1.COc1cc(OC)cc(N(CCI)c2ccc3ncc(-c4cnn(C)c4)nc3c2)c1.COc1cc(OC)cc(N(CCNC(C)C)c2ccc3ncc(-c4cnn(CCC#N)c4)nc3c2)c1.Cn1cc(-c2cnc3ccc(N(CC4CC4)c4cc(O)cc(O)c4)cc3n2)cn1. The number of nitriles is 1. The Morgan fingerprint density at radius 2 is 0.808 bits per heavy atom. The Labute approximate surface area is 766 Å². The number of aryl methyl sites for hydroxylation is 4. The number of hydrogen-bond acceptors (Lipinski definition) is 28. The molecule has 0 unspecified atom stereocenters. The van der Waals surface area contributed by atoms with E-state index in [1.54, 1.807) is 123 Å². The number of benzene rings is 8. The molecular weight excluding hydrogens is 1760 g/mol. The first-order valence-corrected chi connectivity index (χ1v) is 43.7. The highest BCUT2D eigenvalue weighted by molar-refractivity contribution is 14.1. The molecule has 1 amide bonds. The predicted molar refractivity (Wildman–Crippen MR) is 514 cm³/mol. The standard InChI is InChI=1S/C27H31N7O2.C25H29N7O3.C22H22IN5O2.C22H21N5O2/c1-19(2)29-9-11-34(22-12-23(35-3)15-24(13-22)36-4)21-6-7-25-26(14-21)32-27(17-30-25)20-16-31-33(18-20)10-5-8-28;1-31-16-17(13-29-31)24-14-28-22-6-5-18(11-23(22)30-24)32(8-4-7-27-15-25(26)33)19-9-20(34-2)12-21(10-19)35-3;1-27-14-15(12-25-27)22-13-24-20-5-4-16(10-21(20)26-22)28(7-6-23)17-8-18(29-2)11-19(9-17)30-3;1-26-13-15(10-24-26)22-11-23-20-5-4-16(8-21(20)25-22)27(12-14-2-3-14)17-6-18(28)9-19(29)7-17/h6-7,12-19,29H,5,9-11H2,1-4H3;5-6,9-14,16,27H,4,7-8,15H2,1-3H3,(H2,26,33);4-5,8-14H,6-7H2,1-3H3;4-11,13-14,28-29H,2-3,12H2,1H3. The van der Waals surface area contributed by atoms with Crippen molar-refractivity contribution in [1.29, 1.82) is 5.26 Å². The van der Waals surface area contributed by atoms with E-state index < -0.39 is 0 Å². The number of rotatable bonds is 34. The van der Waals surface area contributed by atoms with Crippen LogP contribution in [-0.4, -0.2) is 194 Å². The fourth-order valence-electron chi connectivity index (χ4n) is 14.5. The lowest BCUT2D eigenvalue weighted by atomic mass is 10.1. The van der Waals surface area contributed by atoms with Crippen LogP contribution < -0.4 is 64.4 Å². The molecule has 1 saturated carbocycles. The number of aromatic hydroxyl groups is 2. The van der Waals surface area contributed by atoms with E-state index in [1.165, 1.54) is 18.9 Å². The highest BCUT2D eigenvalue weighted by Gasteiger charge is 2.27. The molecule has 0 bridgehead atoms. The first-order chi connectivity index (χ1) is 63.1. The van der Waals surface area contributed by atoms with Gasteiger partial charge in [-0.1, -0.05) is 36.4 Å². The fraction of sp³-hybridized carbons (Fsp3) is 0.271. The average molecular weight is 1860 g/mol. The quantitative estimate of drug-likeness (QED) is 0.0142. The summed E-state index contributed by atoms with van der Waals surface area (Å²) >= 11 is 2.38. The zero-order valence-corrected chi connectivity index (χ0v) is 76.4. The molecule has 0 radical (unpaired) electrons. The van der Waals surface area contributed by atoms with Crippen molar-refractivity contribution in [2.45, 2.75) is 52.1 Å². The van der Waals surface area contributed by atoms with Gasteiger partial charge in [0, 0.05) is 230 Å². The number of fused-ring (bicyclic) bond motifs is 4. The number of alkyl halides is 1. The zero-order chi connectivity index (χ0) is 91.3. The molecule has 1 aliphatic rings. The van der Waals surface area contributed by atoms with Crippen LogP contribution in [0.4, 0.5) is 45.5 Å². The Balaban J connectivity index is 0.000000140. The Kier molecular flexibility index (Phi) is 30.3. The number of amides is 1. The van der Waals surface area contributed by atoms with Crippen LogP contribution >= 0.6 is 22.6 Å². The Hall–Kier alpha value is -14.8. The van der Waals surface area contributed by atoms with Crippen LogP contribution in [0.1, 0.15) is 39.5 Å². The second kappa shape index (κ2) is 43.1. The van der Waals surface area contributed by atoms with Crippen molar-refractivity contribution in [1.82, 2.24) is 89.6 Å². The van der Waals surface area contributed by atoms with Crippen molar-refractivity contribution in [2.75, 3.05) is 112 Å².